The van der Waals surface area contributed by atoms with Crippen LogP contribution in [-0.4, -0.2) is 24.0 Å². The standard InChI is InChI=1S/C9H13BrN2S/c10-9-6-13-5-7(9)3-12-2-1-8(11)4-12/h5-6,8H,1-4,11H2. The van der Waals surface area contributed by atoms with E-state index in [1.54, 1.807) is 11.3 Å². The van der Waals surface area contributed by atoms with Crippen molar-refractivity contribution in [2.24, 2.45) is 5.73 Å². The summed E-state index contributed by atoms with van der Waals surface area (Å²) in [4.78, 5) is 2.41. The number of nitrogens with two attached hydrogens (primary N) is 1. The lowest BCUT2D eigenvalue weighted by Gasteiger charge is -2.14. The molecule has 1 aromatic heterocycles. The minimum Gasteiger partial charge on any atom is -0.326 e. The maximum atomic E-state index is 5.84. The number of nitrogens with zero attached hydrogens (tertiary/aromatic N) is 1. The lowest BCUT2D eigenvalue weighted by Crippen LogP contribution is -2.26. The van der Waals surface area contributed by atoms with Crippen molar-refractivity contribution in [3.05, 3.63) is 20.8 Å². The Morgan fingerprint density at radius 2 is 2.46 bits per heavy atom. The lowest BCUT2D eigenvalue weighted by molar-refractivity contribution is 0.327. The van der Waals surface area contributed by atoms with E-state index >= 15 is 0 Å². The van der Waals surface area contributed by atoms with Crippen LogP contribution >= 0.6 is 27.3 Å². The van der Waals surface area contributed by atoms with Crippen LogP contribution < -0.4 is 5.73 Å². The summed E-state index contributed by atoms with van der Waals surface area (Å²) in [7, 11) is 0. The molecule has 1 aliphatic rings. The first-order valence-corrected chi connectivity index (χ1v) is 6.18. The minimum absolute atomic E-state index is 0.386. The van der Waals surface area contributed by atoms with Gasteiger partial charge in [-0.2, -0.15) is 11.3 Å². The topological polar surface area (TPSA) is 29.3 Å². The van der Waals surface area contributed by atoms with E-state index in [9.17, 15) is 0 Å². The number of rotatable bonds is 2. The molecule has 0 aromatic carbocycles. The van der Waals surface area contributed by atoms with Gasteiger partial charge >= 0.3 is 0 Å². The molecule has 0 saturated carbocycles. The molecular weight excluding hydrogens is 248 g/mol. The van der Waals surface area contributed by atoms with Crippen molar-refractivity contribution < 1.29 is 0 Å². The van der Waals surface area contributed by atoms with Crippen molar-refractivity contribution in [1.29, 1.82) is 0 Å². The van der Waals surface area contributed by atoms with E-state index in [0.717, 1.165) is 26.1 Å². The molecular formula is C9H13BrN2S. The third-order valence-electron chi connectivity index (χ3n) is 2.39. The van der Waals surface area contributed by atoms with Crippen LogP contribution in [0, 0.1) is 0 Å². The molecule has 4 heteroatoms. The molecule has 1 fully saturated rings. The Kier molecular flexibility index (Phi) is 3.03. The van der Waals surface area contributed by atoms with Gasteiger partial charge in [0.2, 0.25) is 0 Å². The molecule has 1 unspecified atom stereocenters. The number of hydrogen-bond donors (Lipinski definition) is 1. The maximum Gasteiger partial charge on any atom is 0.0327 e. The van der Waals surface area contributed by atoms with Crippen LogP contribution in [0.25, 0.3) is 0 Å². The van der Waals surface area contributed by atoms with Crippen LogP contribution in [0.2, 0.25) is 0 Å². The summed E-state index contributed by atoms with van der Waals surface area (Å²) in [5, 5.41) is 4.33. The van der Waals surface area contributed by atoms with Gasteiger partial charge in [-0.25, -0.2) is 0 Å². The number of halogens is 1. The van der Waals surface area contributed by atoms with E-state index < -0.39 is 0 Å². The zero-order valence-electron chi connectivity index (χ0n) is 7.37. The maximum absolute atomic E-state index is 5.84. The van der Waals surface area contributed by atoms with Gasteiger partial charge in [0.05, 0.1) is 0 Å². The molecule has 0 spiro atoms. The van der Waals surface area contributed by atoms with Gasteiger partial charge in [0.25, 0.3) is 0 Å². The van der Waals surface area contributed by atoms with Gasteiger partial charge in [0, 0.05) is 35.5 Å². The molecule has 1 atom stereocenters. The lowest BCUT2D eigenvalue weighted by atomic mass is 10.3. The van der Waals surface area contributed by atoms with E-state index in [1.165, 1.54) is 10.0 Å². The molecule has 2 heterocycles. The van der Waals surface area contributed by atoms with Crippen molar-refractivity contribution in [3.8, 4) is 0 Å². The van der Waals surface area contributed by atoms with Gasteiger partial charge < -0.3 is 5.73 Å². The van der Waals surface area contributed by atoms with Crippen LogP contribution in [0.4, 0.5) is 0 Å². The van der Waals surface area contributed by atoms with Gasteiger partial charge in [-0.05, 0) is 33.3 Å². The van der Waals surface area contributed by atoms with Crippen LogP contribution in [0.3, 0.4) is 0 Å². The number of thiophene rings is 1. The number of hydrogen-bond acceptors (Lipinski definition) is 3. The summed E-state index contributed by atoms with van der Waals surface area (Å²) in [6.45, 7) is 3.23. The summed E-state index contributed by atoms with van der Waals surface area (Å²) >= 11 is 5.29. The van der Waals surface area contributed by atoms with Crippen molar-refractivity contribution in [2.75, 3.05) is 13.1 Å². The van der Waals surface area contributed by atoms with Gasteiger partial charge in [-0.15, -0.1) is 0 Å². The largest absolute Gasteiger partial charge is 0.326 e. The monoisotopic (exact) mass is 260 g/mol. The second kappa shape index (κ2) is 4.09. The molecule has 2 N–H and O–H groups in total. The van der Waals surface area contributed by atoms with Gasteiger partial charge in [0.15, 0.2) is 0 Å². The molecule has 0 radical (unpaired) electrons. The van der Waals surface area contributed by atoms with Crippen molar-refractivity contribution >= 4 is 27.3 Å². The third kappa shape index (κ3) is 2.31. The normalized spacial score (nSPS) is 24.0. The second-order valence-electron chi connectivity index (χ2n) is 3.53. The SMILES string of the molecule is NC1CCN(Cc2cscc2Br)C1. The van der Waals surface area contributed by atoms with Crippen LogP contribution in [0.1, 0.15) is 12.0 Å². The molecule has 72 valence electrons. The molecule has 2 rings (SSSR count). The van der Waals surface area contributed by atoms with E-state index in [-0.39, 0.29) is 0 Å². The highest BCUT2D eigenvalue weighted by Gasteiger charge is 2.19. The Labute approximate surface area is 90.9 Å². The number of likely N-dealkylation sites (tertiary alicyclic amines) is 1. The molecule has 0 amide bonds. The summed E-state index contributed by atoms with van der Waals surface area (Å²) < 4.78 is 1.23. The molecule has 13 heavy (non-hydrogen) atoms. The van der Waals surface area contributed by atoms with Gasteiger partial charge in [0.1, 0.15) is 0 Å². The zero-order valence-corrected chi connectivity index (χ0v) is 9.77. The second-order valence-corrected chi connectivity index (χ2v) is 5.13. The van der Waals surface area contributed by atoms with Crippen LogP contribution in [0.5, 0.6) is 0 Å². The summed E-state index contributed by atoms with van der Waals surface area (Å²) in [6.07, 6.45) is 1.14. The first kappa shape index (κ1) is 9.65. The van der Waals surface area contributed by atoms with E-state index in [0.29, 0.717) is 6.04 Å². The van der Waals surface area contributed by atoms with Crippen molar-refractivity contribution in [3.63, 3.8) is 0 Å². The van der Waals surface area contributed by atoms with Gasteiger partial charge in [-0.1, -0.05) is 0 Å². The first-order chi connectivity index (χ1) is 6.25. The highest BCUT2D eigenvalue weighted by molar-refractivity contribution is 9.10. The Hall–Kier alpha value is 0.100. The molecule has 1 saturated heterocycles. The van der Waals surface area contributed by atoms with Crippen LogP contribution in [-0.2, 0) is 6.54 Å². The van der Waals surface area contributed by atoms with Crippen molar-refractivity contribution in [1.82, 2.24) is 4.90 Å². The molecule has 0 bridgehead atoms. The Bertz CT molecular complexity index is 287. The summed E-state index contributed by atoms with van der Waals surface area (Å²) in [6, 6.07) is 0.386. The minimum atomic E-state index is 0.386. The quantitative estimate of drug-likeness (QED) is 0.882. The molecule has 1 aliphatic heterocycles. The molecule has 2 nitrogen and oxygen atoms in total. The molecule has 0 aliphatic carbocycles. The van der Waals surface area contributed by atoms with Gasteiger partial charge in [-0.3, -0.25) is 4.90 Å². The van der Waals surface area contributed by atoms with E-state index in [2.05, 4.69) is 31.6 Å². The van der Waals surface area contributed by atoms with Crippen molar-refractivity contribution in [2.45, 2.75) is 19.0 Å². The highest BCUT2D eigenvalue weighted by atomic mass is 79.9. The smallest absolute Gasteiger partial charge is 0.0327 e. The Morgan fingerprint density at radius 1 is 1.62 bits per heavy atom. The molecule has 1 aromatic rings. The zero-order chi connectivity index (χ0) is 9.26. The fourth-order valence-corrected chi connectivity index (χ4v) is 3.09. The van der Waals surface area contributed by atoms with Crippen LogP contribution in [0.15, 0.2) is 15.2 Å². The predicted octanol–water partition coefficient (Wildman–Crippen LogP) is 2.04. The summed E-state index contributed by atoms with van der Waals surface area (Å²) in [5.74, 6) is 0. The predicted molar refractivity (Wildman–Crippen MR) is 59.9 cm³/mol. The average Bonchev–Trinajstić information content (AvgIpc) is 2.64. The average molecular weight is 261 g/mol. The third-order valence-corrected chi connectivity index (χ3v) is 4.22. The summed E-state index contributed by atoms with van der Waals surface area (Å²) in [5.41, 5.74) is 7.23. The van der Waals surface area contributed by atoms with E-state index in [1.807, 2.05) is 0 Å². The highest BCUT2D eigenvalue weighted by Crippen LogP contribution is 2.23. The first-order valence-electron chi connectivity index (χ1n) is 4.44. The fraction of sp³-hybridized carbons (Fsp3) is 0.556. The van der Waals surface area contributed by atoms with E-state index in [4.69, 9.17) is 5.73 Å². The Balaban J connectivity index is 1.95. The Morgan fingerprint density at radius 3 is 3.00 bits per heavy atom. The fourth-order valence-electron chi connectivity index (χ4n) is 1.67.